The monoisotopic (exact) mass is 257 g/mol. The highest BCUT2D eigenvalue weighted by Gasteiger charge is 2.09. The molecule has 0 spiro atoms. The number of nitrogens with zero attached hydrogens (tertiary/aromatic N) is 1. The first kappa shape index (κ1) is 13.1. The highest BCUT2D eigenvalue weighted by atomic mass is 35.5. The first-order valence-corrected chi connectivity index (χ1v) is 4.96. The lowest BCUT2D eigenvalue weighted by molar-refractivity contribution is 0.249. The van der Waals surface area contributed by atoms with E-state index < -0.39 is 6.03 Å². The minimum atomic E-state index is -0.743. The van der Waals surface area contributed by atoms with E-state index in [4.69, 9.17) is 26.8 Å². The van der Waals surface area contributed by atoms with E-state index in [0.29, 0.717) is 22.1 Å². The normalized spacial score (nSPS) is 10.3. The van der Waals surface area contributed by atoms with E-state index in [0.717, 1.165) is 0 Å². The van der Waals surface area contributed by atoms with Gasteiger partial charge in [0.05, 0.1) is 25.5 Å². The van der Waals surface area contributed by atoms with E-state index >= 15 is 0 Å². The summed E-state index contributed by atoms with van der Waals surface area (Å²) in [6.45, 7) is 0. The van der Waals surface area contributed by atoms with Gasteiger partial charge < -0.3 is 15.2 Å². The smallest absolute Gasteiger partial charge is 0.332 e. The number of nitrogens with two attached hydrogens (primary N) is 1. The van der Waals surface area contributed by atoms with Crippen molar-refractivity contribution in [3.05, 3.63) is 22.7 Å². The molecular formula is C10H12ClN3O3. The third-order valence-electron chi connectivity index (χ3n) is 1.84. The number of nitrogens with one attached hydrogen (secondary N) is 1. The summed E-state index contributed by atoms with van der Waals surface area (Å²) in [7, 11) is 2.99. The second-order valence-electron chi connectivity index (χ2n) is 2.97. The van der Waals surface area contributed by atoms with Crippen LogP contribution in [0.4, 0.5) is 4.79 Å². The van der Waals surface area contributed by atoms with Crippen molar-refractivity contribution in [1.82, 2.24) is 5.43 Å². The molecule has 1 aromatic carbocycles. The summed E-state index contributed by atoms with van der Waals surface area (Å²) in [5.74, 6) is 0.912. The molecule has 2 amide bonds. The molecule has 92 valence electrons. The summed E-state index contributed by atoms with van der Waals surface area (Å²) in [6, 6.07) is 2.54. The van der Waals surface area contributed by atoms with E-state index in [-0.39, 0.29) is 0 Å². The Morgan fingerprint density at radius 1 is 1.47 bits per heavy atom. The van der Waals surface area contributed by atoms with Crippen molar-refractivity contribution in [2.75, 3.05) is 14.2 Å². The molecule has 0 unspecified atom stereocenters. The molecule has 0 radical (unpaired) electrons. The molecule has 0 aliphatic rings. The third-order valence-corrected chi connectivity index (χ3v) is 2.13. The Hall–Kier alpha value is -1.95. The number of hydrazone groups is 1. The van der Waals surface area contributed by atoms with Crippen LogP contribution in [0.15, 0.2) is 17.2 Å². The Kier molecular flexibility index (Phi) is 4.59. The topological polar surface area (TPSA) is 85.9 Å². The summed E-state index contributed by atoms with van der Waals surface area (Å²) in [4.78, 5) is 10.4. The van der Waals surface area contributed by atoms with Crippen LogP contribution in [0.1, 0.15) is 5.56 Å². The second-order valence-corrected chi connectivity index (χ2v) is 3.38. The van der Waals surface area contributed by atoms with Crippen LogP contribution in [0.5, 0.6) is 11.5 Å². The molecule has 0 saturated heterocycles. The number of carbonyl (C=O) groups excluding carboxylic acids is 1. The van der Waals surface area contributed by atoms with Crippen LogP contribution in [-0.2, 0) is 0 Å². The number of methoxy groups -OCH3 is 2. The number of urea groups is 1. The molecule has 0 heterocycles. The molecule has 0 bridgehead atoms. The maximum atomic E-state index is 10.4. The van der Waals surface area contributed by atoms with E-state index in [9.17, 15) is 4.79 Å². The number of rotatable bonds is 4. The van der Waals surface area contributed by atoms with E-state index in [1.165, 1.54) is 20.4 Å². The minimum absolute atomic E-state index is 0.382. The summed E-state index contributed by atoms with van der Waals surface area (Å²) in [5, 5.41) is 3.99. The Morgan fingerprint density at radius 3 is 2.71 bits per heavy atom. The zero-order valence-corrected chi connectivity index (χ0v) is 10.1. The van der Waals surface area contributed by atoms with Gasteiger partial charge in [0.15, 0.2) is 11.5 Å². The molecule has 0 aromatic heterocycles. The first-order valence-electron chi connectivity index (χ1n) is 4.58. The summed E-state index contributed by atoms with van der Waals surface area (Å²) in [5.41, 5.74) is 7.57. The van der Waals surface area contributed by atoms with Gasteiger partial charge >= 0.3 is 6.03 Å². The average molecular weight is 258 g/mol. The van der Waals surface area contributed by atoms with E-state index in [1.54, 1.807) is 12.1 Å². The number of hydrogen-bond acceptors (Lipinski definition) is 4. The Bertz CT molecular complexity index is 449. The number of benzene rings is 1. The zero-order chi connectivity index (χ0) is 12.8. The molecule has 17 heavy (non-hydrogen) atoms. The van der Waals surface area contributed by atoms with Crippen LogP contribution in [0, 0.1) is 0 Å². The maximum Gasteiger partial charge on any atom is 0.332 e. The minimum Gasteiger partial charge on any atom is -0.493 e. The SMILES string of the molecule is COc1cc(C=NNC(N)=O)cc(Cl)c1OC. The lowest BCUT2D eigenvalue weighted by atomic mass is 10.2. The van der Waals surface area contributed by atoms with Gasteiger partial charge in [-0.15, -0.1) is 0 Å². The molecule has 1 rings (SSSR count). The van der Waals surface area contributed by atoms with Crippen molar-refractivity contribution in [2.24, 2.45) is 10.8 Å². The predicted molar refractivity (Wildman–Crippen MR) is 64.9 cm³/mol. The average Bonchev–Trinajstić information content (AvgIpc) is 2.27. The van der Waals surface area contributed by atoms with E-state index in [1.807, 2.05) is 0 Å². The van der Waals surface area contributed by atoms with Gasteiger partial charge in [-0.1, -0.05) is 11.6 Å². The number of ether oxygens (including phenoxy) is 2. The standard InChI is InChI=1S/C10H12ClN3O3/c1-16-8-4-6(5-13-14-10(12)15)3-7(11)9(8)17-2/h3-5H,1-2H3,(H3,12,14,15). The number of hydrogen-bond donors (Lipinski definition) is 2. The maximum absolute atomic E-state index is 10.4. The Balaban J connectivity index is 2.99. The predicted octanol–water partition coefficient (Wildman–Crippen LogP) is 1.36. The van der Waals surface area contributed by atoms with Gasteiger partial charge in [0.2, 0.25) is 0 Å². The van der Waals surface area contributed by atoms with Crippen LogP contribution in [-0.4, -0.2) is 26.5 Å². The van der Waals surface area contributed by atoms with Gasteiger partial charge in [-0.25, -0.2) is 10.2 Å². The fraction of sp³-hybridized carbons (Fsp3) is 0.200. The van der Waals surface area contributed by atoms with Crippen LogP contribution in [0.25, 0.3) is 0 Å². The van der Waals surface area contributed by atoms with Crippen molar-refractivity contribution >= 4 is 23.8 Å². The van der Waals surface area contributed by atoms with Gasteiger partial charge in [0.1, 0.15) is 0 Å². The fourth-order valence-electron chi connectivity index (χ4n) is 1.18. The van der Waals surface area contributed by atoms with Gasteiger partial charge in [-0.2, -0.15) is 5.10 Å². The molecule has 0 aliphatic heterocycles. The zero-order valence-electron chi connectivity index (χ0n) is 9.36. The van der Waals surface area contributed by atoms with Crippen LogP contribution in [0.2, 0.25) is 5.02 Å². The highest BCUT2D eigenvalue weighted by molar-refractivity contribution is 6.32. The van der Waals surface area contributed by atoms with Crippen molar-refractivity contribution < 1.29 is 14.3 Å². The summed E-state index contributed by atoms with van der Waals surface area (Å²) >= 11 is 5.98. The van der Waals surface area contributed by atoms with E-state index in [2.05, 4.69) is 10.5 Å². The van der Waals surface area contributed by atoms with Crippen LogP contribution >= 0.6 is 11.6 Å². The number of carbonyl (C=O) groups is 1. The molecule has 7 heteroatoms. The molecule has 0 saturated carbocycles. The molecule has 3 N–H and O–H groups in total. The first-order chi connectivity index (χ1) is 8.08. The largest absolute Gasteiger partial charge is 0.493 e. The second kappa shape index (κ2) is 5.95. The van der Waals surface area contributed by atoms with Crippen LogP contribution < -0.4 is 20.6 Å². The lowest BCUT2D eigenvalue weighted by Gasteiger charge is -2.09. The molecule has 6 nitrogen and oxygen atoms in total. The summed E-state index contributed by atoms with van der Waals surface area (Å²) < 4.78 is 10.2. The van der Waals surface area contributed by atoms with Crippen molar-refractivity contribution in [1.29, 1.82) is 0 Å². The highest BCUT2D eigenvalue weighted by Crippen LogP contribution is 2.35. The van der Waals surface area contributed by atoms with Crippen molar-refractivity contribution in [3.8, 4) is 11.5 Å². The van der Waals surface area contributed by atoms with Crippen molar-refractivity contribution in [2.45, 2.75) is 0 Å². The molecule has 0 fully saturated rings. The van der Waals surface area contributed by atoms with Gasteiger partial charge in [-0.3, -0.25) is 0 Å². The number of amides is 2. The molecular weight excluding hydrogens is 246 g/mol. The van der Waals surface area contributed by atoms with Gasteiger partial charge in [0, 0.05) is 0 Å². The van der Waals surface area contributed by atoms with Crippen LogP contribution in [0.3, 0.4) is 0 Å². The summed E-state index contributed by atoms with van der Waals surface area (Å²) in [6.07, 6.45) is 1.39. The molecule has 1 aromatic rings. The number of halogens is 1. The quantitative estimate of drug-likeness (QED) is 0.631. The Labute approximate surface area is 103 Å². The fourth-order valence-corrected chi connectivity index (χ4v) is 1.48. The van der Waals surface area contributed by atoms with Gasteiger partial charge in [-0.05, 0) is 17.7 Å². The van der Waals surface area contributed by atoms with Gasteiger partial charge in [0.25, 0.3) is 0 Å². The Morgan fingerprint density at radius 2 is 2.18 bits per heavy atom. The lowest BCUT2D eigenvalue weighted by Crippen LogP contribution is -2.24. The third kappa shape index (κ3) is 3.53. The number of primary amides is 1. The molecule has 0 aliphatic carbocycles. The van der Waals surface area contributed by atoms with Crippen molar-refractivity contribution in [3.63, 3.8) is 0 Å². The molecule has 0 atom stereocenters.